The number of hydrogen-bond acceptors (Lipinski definition) is 22. The highest BCUT2D eigenvalue weighted by Crippen LogP contribution is 2.52. The first-order chi connectivity index (χ1) is 38.3. The van der Waals surface area contributed by atoms with Crippen LogP contribution >= 0.6 is 15.2 Å². The van der Waals surface area contributed by atoms with Crippen LogP contribution in [0.5, 0.6) is 0 Å². The van der Waals surface area contributed by atoms with E-state index in [-0.39, 0.29) is 125 Å². The zero-order chi connectivity index (χ0) is 56.6. The van der Waals surface area contributed by atoms with E-state index in [1.54, 1.807) is 21.3 Å². The highest BCUT2D eigenvalue weighted by Gasteiger charge is 2.43. The van der Waals surface area contributed by atoms with Crippen LogP contribution in [0.3, 0.4) is 0 Å². The molecule has 2 aromatic carbocycles. The normalized spacial score (nSPS) is 16.8. The van der Waals surface area contributed by atoms with Crippen LogP contribution in [-0.2, 0) is 76.2 Å². The lowest BCUT2D eigenvalue weighted by Crippen LogP contribution is -2.13. The van der Waals surface area contributed by atoms with E-state index in [1.807, 2.05) is 50.2 Å². The molecule has 3 unspecified atom stereocenters. The predicted octanol–water partition coefficient (Wildman–Crippen LogP) is 8.51. The van der Waals surface area contributed by atoms with Gasteiger partial charge in [-0.2, -0.15) is 9.97 Å². The number of rotatable bonds is 24. The number of nitrogens with zero attached hydrogens (tertiary/aromatic N) is 6. The molecule has 0 aliphatic heterocycles. The second-order valence-electron chi connectivity index (χ2n) is 19.2. The van der Waals surface area contributed by atoms with Gasteiger partial charge in [0, 0.05) is 37.8 Å². The molecule has 10 rings (SSSR count). The van der Waals surface area contributed by atoms with E-state index in [0.29, 0.717) is 11.4 Å². The summed E-state index contributed by atoms with van der Waals surface area (Å²) in [6, 6.07) is 14.9. The van der Waals surface area contributed by atoms with Crippen LogP contribution in [0.2, 0.25) is 0 Å². The number of benzene rings is 2. The third-order valence-corrected chi connectivity index (χ3v) is 16.3. The van der Waals surface area contributed by atoms with Crippen molar-refractivity contribution in [1.29, 1.82) is 0 Å². The number of fused-ring (bicyclic) bond motifs is 2. The van der Waals surface area contributed by atoms with Crippen molar-refractivity contribution in [3.05, 3.63) is 148 Å². The molecule has 0 saturated heterocycles. The average Bonchev–Trinajstić information content (AvgIpc) is 4.32. The number of halogens is 2. The van der Waals surface area contributed by atoms with Gasteiger partial charge in [-0.05, 0) is 44.2 Å². The average molecular weight is 1170 g/mol. The van der Waals surface area contributed by atoms with Gasteiger partial charge in [-0.25, -0.2) is 28.3 Å². The maximum Gasteiger partial charge on any atom is 0.519 e. The Balaban J connectivity index is 0.000000210. The van der Waals surface area contributed by atoms with Crippen molar-refractivity contribution in [2.45, 2.75) is 123 Å². The molecule has 436 valence electrons. The molecule has 0 amide bonds. The van der Waals surface area contributed by atoms with Crippen molar-refractivity contribution in [3.8, 4) is 0 Å². The summed E-state index contributed by atoms with van der Waals surface area (Å²) >= 11 is 0. The molecule has 0 spiro atoms. The Morgan fingerprint density at radius 2 is 1.05 bits per heavy atom. The highest BCUT2D eigenvalue weighted by atomic mass is 31.2. The number of anilines is 2. The maximum atomic E-state index is 13.8. The fourth-order valence-electron chi connectivity index (χ4n) is 9.02. The zero-order valence-electron chi connectivity index (χ0n) is 43.5. The lowest BCUT2D eigenvalue weighted by Gasteiger charge is -2.19. The van der Waals surface area contributed by atoms with Crippen LogP contribution in [0.15, 0.2) is 98.0 Å². The van der Waals surface area contributed by atoms with Crippen LogP contribution in [-0.4, -0.2) is 70.9 Å². The van der Waals surface area contributed by atoms with E-state index in [9.17, 15) is 37.1 Å². The molecule has 2 saturated carbocycles. The number of H-pyrrole nitrogens is 2. The minimum Gasteiger partial charge on any atom is -0.395 e. The summed E-state index contributed by atoms with van der Waals surface area (Å²) < 4.78 is 113. The van der Waals surface area contributed by atoms with E-state index in [2.05, 4.69) is 29.9 Å². The SMILES string of the molecule is C.Cc1ccc(COP(=O)(COCCn2cnc3c(=O)[nH]c(N)nc32)OCc2oc(=O)oc2C2CCC(F)(F)C2)cc1.Cc1ccc(COP(=O)(COCCn2cnc3c(=O)[nH]c(N)nc32)OCc2oc(=O)oc2C2CCCC2)cc1. The molecule has 3 atom stereocenters. The molecule has 2 fully saturated rings. The maximum absolute atomic E-state index is 13.8. The lowest BCUT2D eigenvalue weighted by molar-refractivity contribution is 0.00708. The summed E-state index contributed by atoms with van der Waals surface area (Å²) in [4.78, 5) is 68.7. The van der Waals surface area contributed by atoms with Crippen molar-refractivity contribution in [2.24, 2.45) is 0 Å². The quantitative estimate of drug-likeness (QED) is 0.0325. The first-order valence-electron chi connectivity index (χ1n) is 25.4. The van der Waals surface area contributed by atoms with Crippen molar-refractivity contribution in [2.75, 3.05) is 37.4 Å². The van der Waals surface area contributed by atoms with E-state index in [0.717, 1.165) is 47.9 Å². The van der Waals surface area contributed by atoms with Gasteiger partial charge >= 0.3 is 26.8 Å². The van der Waals surface area contributed by atoms with Crippen LogP contribution in [0.1, 0.15) is 110 Å². The number of imidazole rings is 2. The lowest BCUT2D eigenvalue weighted by atomic mass is 10.0. The van der Waals surface area contributed by atoms with Gasteiger partial charge in [0.2, 0.25) is 17.8 Å². The smallest absolute Gasteiger partial charge is 0.395 e. The summed E-state index contributed by atoms with van der Waals surface area (Å²) in [7, 11) is -7.81. The molecule has 8 aromatic rings. The number of nitrogens with two attached hydrogens (primary N) is 2. The molecular formula is C51H62F2N10O16P2. The molecule has 2 aliphatic carbocycles. The number of ether oxygens (including phenoxy) is 2. The number of alkyl halides is 2. The Morgan fingerprint density at radius 1 is 0.630 bits per heavy atom. The van der Waals surface area contributed by atoms with E-state index >= 15 is 0 Å². The zero-order valence-corrected chi connectivity index (χ0v) is 45.3. The summed E-state index contributed by atoms with van der Waals surface area (Å²) in [6.07, 6.45) is 5.10. The number of nitrogens with one attached hydrogen (secondary N) is 2. The molecule has 6 heterocycles. The van der Waals surface area contributed by atoms with Gasteiger partial charge < -0.3 is 56.8 Å². The summed E-state index contributed by atoms with van der Waals surface area (Å²) in [5.41, 5.74) is 14.8. The Kier molecular flexibility index (Phi) is 19.4. The number of aromatic amines is 2. The molecule has 30 heteroatoms. The Morgan fingerprint density at radius 3 is 1.47 bits per heavy atom. The van der Waals surface area contributed by atoms with Crippen LogP contribution in [0, 0.1) is 13.8 Å². The highest BCUT2D eigenvalue weighted by molar-refractivity contribution is 7.53. The fraction of sp³-hybridized carbons (Fsp3) is 0.451. The van der Waals surface area contributed by atoms with Gasteiger partial charge in [-0.1, -0.05) is 79.9 Å². The molecule has 2 aliphatic rings. The largest absolute Gasteiger partial charge is 0.519 e. The molecular weight excluding hydrogens is 1110 g/mol. The van der Waals surface area contributed by atoms with Crippen molar-refractivity contribution in [1.82, 2.24) is 39.0 Å². The van der Waals surface area contributed by atoms with Gasteiger partial charge in [0.15, 0.2) is 45.4 Å². The first kappa shape index (κ1) is 59.9. The predicted molar refractivity (Wildman–Crippen MR) is 287 cm³/mol. The molecule has 81 heavy (non-hydrogen) atoms. The van der Waals surface area contributed by atoms with E-state index in [1.165, 1.54) is 12.7 Å². The molecule has 6 N–H and O–H groups in total. The molecule has 0 bridgehead atoms. The van der Waals surface area contributed by atoms with E-state index in [4.69, 9.17) is 56.7 Å². The third-order valence-electron chi connectivity index (χ3n) is 13.2. The van der Waals surface area contributed by atoms with Crippen molar-refractivity contribution in [3.63, 3.8) is 0 Å². The number of aryl methyl sites for hydroxylation is 2. The van der Waals surface area contributed by atoms with Crippen LogP contribution in [0.25, 0.3) is 22.3 Å². The van der Waals surface area contributed by atoms with Crippen molar-refractivity contribution >= 4 is 49.4 Å². The van der Waals surface area contributed by atoms with Gasteiger partial charge in [0.25, 0.3) is 11.1 Å². The summed E-state index contributed by atoms with van der Waals surface area (Å²) in [6.45, 7) is 3.61. The Hall–Kier alpha value is -7.16. The Labute approximate surface area is 459 Å². The number of aromatic nitrogens is 8. The third kappa shape index (κ3) is 15.6. The minimum absolute atomic E-state index is 0. The summed E-state index contributed by atoms with van der Waals surface area (Å²) in [5.74, 6) is -5.06. The standard InChI is InChI=1S/C25H28F2N5O8P.C25H30N5O8P.CH4/c1-15-2-4-16(5-3-15)11-37-41(35,14-36-9-8-32-13-29-19-21(32)30-23(28)31-22(19)33)38-12-18-20(40-24(34)39-18)17-6-7-25(26,27)10-17;1-16-6-8-17(9-7-16)12-35-39(33,36-13-19-21(38-25(32)37-19)18-4-2-3-5-18)15-34-11-10-30-14-27-20-22(30)28-24(26)29-23(20)31;/h2-5,13,17H,6-12,14H2,1H3,(H3,28,30,31,33);6-9,14,18H,2-5,10-13,15H2,1H3,(H3,26,28,29,31);1H4. The monoisotopic (exact) mass is 1170 g/mol. The first-order valence-corrected chi connectivity index (χ1v) is 28.8. The van der Waals surface area contributed by atoms with Gasteiger partial charge in [-0.3, -0.25) is 37.7 Å². The second-order valence-corrected chi connectivity index (χ2v) is 23.2. The van der Waals surface area contributed by atoms with Crippen molar-refractivity contribution < 1.29 is 63.1 Å². The van der Waals surface area contributed by atoms with Gasteiger partial charge in [0.1, 0.15) is 25.9 Å². The van der Waals surface area contributed by atoms with E-state index < -0.39 is 69.2 Å². The topological polar surface area (TPSA) is 355 Å². The van der Waals surface area contributed by atoms with Crippen LogP contribution < -0.4 is 34.2 Å². The Bertz CT molecular complexity index is 3750. The molecule has 26 nitrogen and oxygen atoms in total. The minimum atomic E-state index is -3.99. The molecule has 0 radical (unpaired) electrons. The fourth-order valence-corrected chi connectivity index (χ4v) is 11.5. The molecule has 6 aromatic heterocycles. The number of hydrogen-bond donors (Lipinski definition) is 4. The number of nitrogen functional groups attached to an aromatic ring is 2. The van der Waals surface area contributed by atoms with Gasteiger partial charge in [0.05, 0.1) is 39.1 Å². The second kappa shape index (κ2) is 26.2. The van der Waals surface area contributed by atoms with Gasteiger partial charge in [-0.15, -0.1) is 0 Å². The summed E-state index contributed by atoms with van der Waals surface area (Å²) in [5, 5.41) is 0. The van der Waals surface area contributed by atoms with Crippen LogP contribution in [0.4, 0.5) is 20.7 Å².